The quantitative estimate of drug-likeness (QED) is 0.536. The van der Waals surface area contributed by atoms with E-state index in [9.17, 15) is 9.59 Å². The maximum absolute atomic E-state index is 12.1. The van der Waals surface area contributed by atoms with Crippen LogP contribution in [0.1, 0.15) is 45.4 Å². The molecule has 6 nitrogen and oxygen atoms in total. The molecule has 0 atom stereocenters. The lowest BCUT2D eigenvalue weighted by atomic mass is 10.1. The molecule has 0 spiro atoms. The molecule has 1 aromatic heterocycles. The molecule has 0 saturated heterocycles. The van der Waals surface area contributed by atoms with Crippen molar-refractivity contribution in [1.82, 2.24) is 10.3 Å². The highest BCUT2D eigenvalue weighted by molar-refractivity contribution is 6.02. The van der Waals surface area contributed by atoms with Crippen LogP contribution in [0.15, 0.2) is 0 Å². The second-order valence-corrected chi connectivity index (χ2v) is 4.90. The van der Waals surface area contributed by atoms with Crippen LogP contribution in [0.4, 0.5) is 0 Å². The normalized spacial score (nSPS) is 10.7. The molecule has 0 unspecified atom stereocenters. The summed E-state index contributed by atoms with van der Waals surface area (Å²) in [6, 6.07) is 0. The van der Waals surface area contributed by atoms with Gasteiger partial charge in [0.25, 0.3) is 5.91 Å². The zero-order chi connectivity index (χ0) is 15.8. The molecule has 0 fully saturated rings. The molecule has 1 rings (SSSR count). The smallest absolute Gasteiger partial charge is 0.268 e. The summed E-state index contributed by atoms with van der Waals surface area (Å²) in [6.07, 6.45) is 0.730. The minimum Gasteiger partial charge on any atom is -0.382 e. The molecule has 6 heteroatoms. The molecular weight excluding hydrogens is 272 g/mol. The zero-order valence-electron chi connectivity index (χ0n) is 13.2. The van der Waals surface area contributed by atoms with Crippen molar-refractivity contribution in [3.8, 4) is 0 Å². The van der Waals surface area contributed by atoms with E-state index < -0.39 is 0 Å². The predicted molar refractivity (Wildman–Crippen MR) is 79.9 cm³/mol. The number of Topliss-reactive ketones (excluding diaryl/α,β-unsaturated/α-hetero) is 1. The number of hydrogen-bond donors (Lipinski definition) is 2. The fourth-order valence-corrected chi connectivity index (χ4v) is 2.21. The fraction of sp³-hybridized carbons (Fsp3) is 0.600. The van der Waals surface area contributed by atoms with Gasteiger partial charge in [-0.25, -0.2) is 0 Å². The van der Waals surface area contributed by atoms with Crippen molar-refractivity contribution in [3.05, 3.63) is 22.5 Å². The molecule has 0 radical (unpaired) electrons. The van der Waals surface area contributed by atoms with Crippen molar-refractivity contribution in [2.75, 3.05) is 33.5 Å². The SMILES string of the molecule is COCCOCCCNC(=O)c1[nH]c(C)c(C(C)=O)c1C. The summed E-state index contributed by atoms with van der Waals surface area (Å²) < 4.78 is 10.2. The number of methoxy groups -OCH3 is 1. The van der Waals surface area contributed by atoms with Gasteiger partial charge in [-0.1, -0.05) is 0 Å². The molecule has 0 aliphatic rings. The third kappa shape index (κ3) is 4.99. The zero-order valence-corrected chi connectivity index (χ0v) is 13.2. The molecule has 2 N–H and O–H groups in total. The van der Waals surface area contributed by atoms with Crippen molar-refractivity contribution < 1.29 is 19.1 Å². The molecule has 21 heavy (non-hydrogen) atoms. The van der Waals surface area contributed by atoms with Crippen LogP contribution < -0.4 is 5.32 Å². The Balaban J connectivity index is 2.43. The van der Waals surface area contributed by atoms with Gasteiger partial charge in [-0.3, -0.25) is 9.59 Å². The predicted octanol–water partition coefficient (Wildman–Crippen LogP) is 1.62. The lowest BCUT2D eigenvalue weighted by Gasteiger charge is -2.06. The molecule has 1 aromatic rings. The number of hydrogen-bond acceptors (Lipinski definition) is 4. The van der Waals surface area contributed by atoms with E-state index in [0.717, 1.165) is 12.1 Å². The van der Waals surface area contributed by atoms with Crippen LogP contribution >= 0.6 is 0 Å². The highest BCUT2D eigenvalue weighted by atomic mass is 16.5. The van der Waals surface area contributed by atoms with Crippen molar-refractivity contribution in [3.63, 3.8) is 0 Å². The molecule has 0 saturated carbocycles. The van der Waals surface area contributed by atoms with Gasteiger partial charge in [0.2, 0.25) is 0 Å². The van der Waals surface area contributed by atoms with E-state index in [-0.39, 0.29) is 11.7 Å². The van der Waals surface area contributed by atoms with Gasteiger partial charge in [-0.15, -0.1) is 0 Å². The lowest BCUT2D eigenvalue weighted by molar-refractivity contribution is 0.0688. The average molecular weight is 296 g/mol. The lowest BCUT2D eigenvalue weighted by Crippen LogP contribution is -2.26. The van der Waals surface area contributed by atoms with Crippen LogP contribution in [0.3, 0.4) is 0 Å². The van der Waals surface area contributed by atoms with E-state index >= 15 is 0 Å². The number of H-pyrrole nitrogens is 1. The fourth-order valence-electron chi connectivity index (χ4n) is 2.21. The minimum atomic E-state index is -0.194. The van der Waals surface area contributed by atoms with Crippen LogP contribution in [0.25, 0.3) is 0 Å². The van der Waals surface area contributed by atoms with Crippen LogP contribution in [-0.4, -0.2) is 50.1 Å². The first kappa shape index (κ1) is 17.4. The Morgan fingerprint density at radius 1 is 1.19 bits per heavy atom. The third-order valence-corrected chi connectivity index (χ3v) is 3.20. The number of aromatic nitrogens is 1. The second kappa shape index (κ2) is 8.59. The highest BCUT2D eigenvalue weighted by Crippen LogP contribution is 2.18. The monoisotopic (exact) mass is 296 g/mol. The maximum Gasteiger partial charge on any atom is 0.268 e. The van der Waals surface area contributed by atoms with Crippen molar-refractivity contribution in [2.45, 2.75) is 27.2 Å². The molecule has 0 aromatic carbocycles. The standard InChI is InChI=1S/C15H24N2O4/c1-10-13(12(3)18)11(2)17-14(10)15(19)16-6-5-7-21-9-8-20-4/h17H,5-9H2,1-4H3,(H,16,19). The first-order valence-corrected chi connectivity index (χ1v) is 7.04. The van der Waals surface area contributed by atoms with E-state index in [4.69, 9.17) is 9.47 Å². The van der Waals surface area contributed by atoms with Crippen molar-refractivity contribution in [1.29, 1.82) is 0 Å². The number of aryl methyl sites for hydroxylation is 1. The first-order chi connectivity index (χ1) is 9.99. The van der Waals surface area contributed by atoms with Gasteiger partial charge in [0.1, 0.15) is 5.69 Å². The molecule has 0 aliphatic carbocycles. The summed E-state index contributed by atoms with van der Waals surface area (Å²) in [6.45, 7) is 7.31. The third-order valence-electron chi connectivity index (χ3n) is 3.20. The van der Waals surface area contributed by atoms with Crippen LogP contribution in [-0.2, 0) is 9.47 Å². The Hall–Kier alpha value is -1.66. The molecule has 0 aliphatic heterocycles. The molecule has 0 bridgehead atoms. The number of amides is 1. The number of rotatable bonds is 9. The Bertz CT molecular complexity index is 494. The van der Waals surface area contributed by atoms with Gasteiger partial charge in [-0.2, -0.15) is 0 Å². The summed E-state index contributed by atoms with van der Waals surface area (Å²) in [5.74, 6) is -0.230. The van der Waals surface area contributed by atoms with Crippen LogP contribution in [0.2, 0.25) is 0 Å². The van der Waals surface area contributed by atoms with E-state index in [2.05, 4.69) is 10.3 Å². The second-order valence-electron chi connectivity index (χ2n) is 4.90. The van der Waals surface area contributed by atoms with Gasteiger partial charge in [-0.05, 0) is 32.8 Å². The summed E-state index contributed by atoms with van der Waals surface area (Å²) in [4.78, 5) is 26.6. The summed E-state index contributed by atoms with van der Waals surface area (Å²) >= 11 is 0. The van der Waals surface area contributed by atoms with E-state index in [0.29, 0.717) is 43.2 Å². The largest absolute Gasteiger partial charge is 0.382 e. The number of carbonyl (C=O) groups is 2. The Kier molecular flexibility index (Phi) is 7.11. The van der Waals surface area contributed by atoms with Gasteiger partial charge in [0, 0.05) is 31.5 Å². The summed E-state index contributed by atoms with van der Waals surface area (Å²) in [5.41, 5.74) is 2.49. The minimum absolute atomic E-state index is 0.0353. The Morgan fingerprint density at radius 3 is 2.48 bits per heavy atom. The molecule has 1 heterocycles. The average Bonchev–Trinajstić information content (AvgIpc) is 2.72. The van der Waals surface area contributed by atoms with Gasteiger partial charge >= 0.3 is 0 Å². The number of ketones is 1. The highest BCUT2D eigenvalue weighted by Gasteiger charge is 2.19. The number of aromatic amines is 1. The topological polar surface area (TPSA) is 80.4 Å². The number of carbonyl (C=O) groups excluding carboxylic acids is 2. The Labute approximate surface area is 125 Å². The van der Waals surface area contributed by atoms with Gasteiger partial charge in [0.05, 0.1) is 13.2 Å². The van der Waals surface area contributed by atoms with Crippen molar-refractivity contribution >= 4 is 11.7 Å². The molecular formula is C15H24N2O4. The summed E-state index contributed by atoms with van der Waals surface area (Å²) in [7, 11) is 1.62. The van der Waals surface area contributed by atoms with Crippen molar-refractivity contribution in [2.24, 2.45) is 0 Å². The maximum atomic E-state index is 12.1. The first-order valence-electron chi connectivity index (χ1n) is 7.04. The van der Waals surface area contributed by atoms with Crippen LogP contribution in [0.5, 0.6) is 0 Å². The number of ether oxygens (including phenoxy) is 2. The van der Waals surface area contributed by atoms with Gasteiger partial charge in [0.15, 0.2) is 5.78 Å². The van der Waals surface area contributed by atoms with E-state index in [1.165, 1.54) is 6.92 Å². The van der Waals surface area contributed by atoms with E-state index in [1.807, 2.05) is 0 Å². The van der Waals surface area contributed by atoms with Gasteiger partial charge < -0.3 is 19.8 Å². The van der Waals surface area contributed by atoms with E-state index in [1.54, 1.807) is 21.0 Å². The molecule has 118 valence electrons. The number of nitrogens with one attached hydrogen (secondary N) is 2. The van der Waals surface area contributed by atoms with Crippen LogP contribution in [0, 0.1) is 13.8 Å². The Morgan fingerprint density at radius 2 is 1.90 bits per heavy atom. The molecule has 1 amide bonds. The summed E-state index contributed by atoms with van der Waals surface area (Å²) in [5, 5.41) is 2.82.